The lowest BCUT2D eigenvalue weighted by atomic mass is 10.1. The number of thiophene rings is 1. The van der Waals surface area contributed by atoms with Gasteiger partial charge in [0.2, 0.25) is 6.41 Å². The van der Waals surface area contributed by atoms with Crippen LogP contribution in [0.25, 0.3) is 16.2 Å². The largest absolute Gasteiger partial charge is 0.484 e. The first-order chi connectivity index (χ1) is 17.4. The molecule has 1 atom stereocenters. The highest BCUT2D eigenvalue weighted by molar-refractivity contribution is 7.17. The van der Waals surface area contributed by atoms with Gasteiger partial charge in [-0.25, -0.2) is 4.98 Å². The van der Waals surface area contributed by atoms with Crippen LogP contribution in [-0.2, 0) is 11.3 Å². The summed E-state index contributed by atoms with van der Waals surface area (Å²) in [6, 6.07) is 13.4. The van der Waals surface area contributed by atoms with E-state index in [0.29, 0.717) is 15.6 Å². The predicted octanol–water partition coefficient (Wildman–Crippen LogP) is 4.23. The number of carbonyl (C=O) groups excluding carboxylic acids is 2. The van der Waals surface area contributed by atoms with Crippen LogP contribution in [0.1, 0.15) is 33.8 Å². The Balaban J connectivity index is 1.42. The van der Waals surface area contributed by atoms with Gasteiger partial charge >= 0.3 is 0 Å². The summed E-state index contributed by atoms with van der Waals surface area (Å²) >= 11 is 7.62. The second-order valence-corrected chi connectivity index (χ2v) is 10.2. The van der Waals surface area contributed by atoms with E-state index < -0.39 is 5.91 Å². The van der Waals surface area contributed by atoms with Gasteiger partial charge in [0.05, 0.1) is 16.8 Å². The molecule has 4 aromatic rings. The number of nitrogens with zero attached hydrogens (tertiary/aromatic N) is 4. The highest BCUT2D eigenvalue weighted by Gasteiger charge is 2.22. The van der Waals surface area contributed by atoms with E-state index in [-0.39, 0.29) is 6.10 Å². The molecule has 1 fully saturated rings. The van der Waals surface area contributed by atoms with E-state index in [1.165, 1.54) is 11.3 Å². The topological polar surface area (TPSA) is 93.2 Å². The van der Waals surface area contributed by atoms with Gasteiger partial charge in [-0.05, 0) is 24.6 Å². The fourth-order valence-electron chi connectivity index (χ4n) is 4.40. The maximum Gasteiger partial charge on any atom is 0.262 e. The molecule has 2 amide bonds. The number of benzene rings is 1. The van der Waals surface area contributed by atoms with Gasteiger partial charge < -0.3 is 15.4 Å². The number of rotatable bonds is 8. The number of piperazine rings is 1. The van der Waals surface area contributed by atoms with E-state index in [4.69, 9.17) is 22.1 Å². The quantitative estimate of drug-likeness (QED) is 0.349. The van der Waals surface area contributed by atoms with Crippen molar-refractivity contribution in [2.24, 2.45) is 5.73 Å². The molecule has 0 aliphatic carbocycles. The van der Waals surface area contributed by atoms with E-state index in [0.717, 1.165) is 66.5 Å². The zero-order chi connectivity index (χ0) is 25.2. The number of hydrogen-bond acceptors (Lipinski definition) is 6. The van der Waals surface area contributed by atoms with Crippen LogP contribution in [0.2, 0.25) is 5.02 Å². The van der Waals surface area contributed by atoms with Gasteiger partial charge in [0.25, 0.3) is 5.91 Å². The summed E-state index contributed by atoms with van der Waals surface area (Å²) in [4.78, 5) is 33.1. The lowest BCUT2D eigenvalue weighted by molar-refractivity contribution is -0.119. The van der Waals surface area contributed by atoms with Gasteiger partial charge in [-0.2, -0.15) is 0 Å². The first-order valence-corrected chi connectivity index (χ1v) is 12.8. The molecule has 1 aliphatic rings. The van der Waals surface area contributed by atoms with Crippen molar-refractivity contribution < 1.29 is 14.3 Å². The Hall–Kier alpha value is -3.40. The number of aromatic nitrogens is 2. The Morgan fingerprint density at radius 1 is 1.22 bits per heavy atom. The van der Waals surface area contributed by atoms with E-state index >= 15 is 0 Å². The van der Waals surface area contributed by atoms with Crippen molar-refractivity contribution >= 4 is 40.9 Å². The number of primary amides is 1. The molecule has 4 heterocycles. The summed E-state index contributed by atoms with van der Waals surface area (Å²) in [6.07, 6.45) is 4.41. The Bertz CT molecular complexity index is 1410. The van der Waals surface area contributed by atoms with Crippen LogP contribution in [0.5, 0.6) is 5.75 Å². The second-order valence-electron chi connectivity index (χ2n) is 8.78. The minimum atomic E-state index is -0.545. The Morgan fingerprint density at radius 2 is 2.00 bits per heavy atom. The van der Waals surface area contributed by atoms with Crippen LogP contribution >= 0.6 is 22.9 Å². The minimum Gasteiger partial charge on any atom is -0.484 e. The molecular weight excluding hydrogens is 498 g/mol. The number of hydrogen-bond donors (Lipinski definition) is 1. The Labute approximate surface area is 217 Å². The summed E-state index contributed by atoms with van der Waals surface area (Å²) in [6.45, 7) is 5.82. The molecule has 36 heavy (non-hydrogen) atoms. The fraction of sp³-hybridized carbons (Fsp3) is 0.269. The number of pyridine rings is 1. The number of halogens is 1. The molecule has 3 aromatic heterocycles. The zero-order valence-corrected chi connectivity index (χ0v) is 21.3. The van der Waals surface area contributed by atoms with Crippen LogP contribution in [0.15, 0.2) is 54.9 Å². The molecule has 10 heteroatoms. The molecule has 8 nitrogen and oxygen atoms in total. The van der Waals surface area contributed by atoms with Gasteiger partial charge in [0.15, 0.2) is 0 Å². The maximum atomic E-state index is 12.2. The monoisotopic (exact) mass is 523 g/mol. The number of fused-ring (bicyclic) bond motifs is 1. The van der Waals surface area contributed by atoms with Gasteiger partial charge in [0, 0.05) is 55.6 Å². The van der Waals surface area contributed by atoms with Crippen molar-refractivity contribution in [3.05, 3.63) is 75.9 Å². The minimum absolute atomic E-state index is 0.350. The first-order valence-electron chi connectivity index (χ1n) is 11.7. The second kappa shape index (κ2) is 10.3. The smallest absolute Gasteiger partial charge is 0.262 e. The molecule has 5 rings (SSSR count). The van der Waals surface area contributed by atoms with Gasteiger partial charge in [-0.3, -0.25) is 18.9 Å². The van der Waals surface area contributed by atoms with Gasteiger partial charge in [-0.15, -0.1) is 11.3 Å². The van der Waals surface area contributed by atoms with Crippen LogP contribution < -0.4 is 10.5 Å². The molecule has 0 spiro atoms. The van der Waals surface area contributed by atoms with Crippen molar-refractivity contribution in [3.63, 3.8) is 0 Å². The average Bonchev–Trinajstić information content (AvgIpc) is 3.48. The van der Waals surface area contributed by atoms with E-state index in [9.17, 15) is 9.59 Å². The molecule has 1 saturated heterocycles. The predicted molar refractivity (Wildman–Crippen MR) is 140 cm³/mol. The third kappa shape index (κ3) is 4.95. The molecule has 0 bridgehead atoms. The molecule has 1 aliphatic heterocycles. The molecule has 0 saturated carbocycles. The fourth-order valence-corrected chi connectivity index (χ4v) is 5.64. The van der Waals surface area contributed by atoms with Crippen molar-refractivity contribution in [1.29, 1.82) is 0 Å². The Kier molecular flexibility index (Phi) is 6.95. The lowest BCUT2D eigenvalue weighted by Crippen LogP contribution is -2.45. The number of carbonyl (C=O) groups is 2. The SMILES string of the molecule is CC(Oc1cc(-c2cnc3ccc(CN4CCN(C=O)CC4)cn23)sc1C(N)=O)c1ccccc1Cl. The maximum absolute atomic E-state index is 12.2. The highest BCUT2D eigenvalue weighted by Crippen LogP contribution is 2.39. The van der Waals surface area contributed by atoms with Crippen LogP contribution in [0.4, 0.5) is 0 Å². The summed E-state index contributed by atoms with van der Waals surface area (Å²) < 4.78 is 8.19. The summed E-state index contributed by atoms with van der Waals surface area (Å²) in [5.41, 5.74) is 9.32. The molecular formula is C26H26ClN5O3S. The van der Waals surface area contributed by atoms with E-state index in [1.807, 2.05) is 47.7 Å². The number of imidazole rings is 1. The summed E-state index contributed by atoms with van der Waals surface area (Å²) in [7, 11) is 0. The highest BCUT2D eigenvalue weighted by atomic mass is 35.5. The normalized spacial score (nSPS) is 15.2. The van der Waals surface area contributed by atoms with Crippen molar-refractivity contribution in [2.75, 3.05) is 26.2 Å². The van der Waals surface area contributed by atoms with Crippen LogP contribution in [-0.4, -0.2) is 57.7 Å². The molecule has 1 unspecified atom stereocenters. The molecule has 1 aromatic carbocycles. The summed E-state index contributed by atoms with van der Waals surface area (Å²) in [5, 5.41) is 0.600. The summed E-state index contributed by atoms with van der Waals surface area (Å²) in [5.74, 6) is -0.120. The lowest BCUT2D eigenvalue weighted by Gasteiger charge is -2.32. The van der Waals surface area contributed by atoms with E-state index in [1.54, 1.807) is 11.1 Å². The Morgan fingerprint density at radius 3 is 2.72 bits per heavy atom. The number of nitrogens with two attached hydrogens (primary N) is 1. The van der Waals surface area contributed by atoms with Gasteiger partial charge in [0.1, 0.15) is 22.4 Å². The standard InChI is InChI=1S/C26H26ClN5O3S/c1-17(19-4-2-3-5-20(19)27)35-22-12-23(36-25(22)26(28)34)21-13-29-24-7-6-18(15-32(21)24)14-30-8-10-31(16-33)11-9-30/h2-7,12-13,15-17H,8-11,14H2,1H3,(H2,28,34). The van der Waals surface area contributed by atoms with Crippen molar-refractivity contribution in [2.45, 2.75) is 19.6 Å². The van der Waals surface area contributed by atoms with Crippen LogP contribution in [0.3, 0.4) is 0 Å². The molecule has 186 valence electrons. The first kappa shape index (κ1) is 24.3. The van der Waals surface area contributed by atoms with Crippen molar-refractivity contribution in [1.82, 2.24) is 19.2 Å². The number of amides is 2. The zero-order valence-electron chi connectivity index (χ0n) is 19.8. The number of ether oxygens (including phenoxy) is 1. The molecule has 0 radical (unpaired) electrons. The van der Waals surface area contributed by atoms with Crippen LogP contribution in [0, 0.1) is 0 Å². The van der Waals surface area contributed by atoms with Crippen molar-refractivity contribution in [3.8, 4) is 16.3 Å². The third-order valence-electron chi connectivity index (χ3n) is 6.35. The van der Waals surface area contributed by atoms with Gasteiger partial charge in [-0.1, -0.05) is 35.9 Å². The van der Waals surface area contributed by atoms with E-state index in [2.05, 4.69) is 22.1 Å². The average molecular weight is 524 g/mol. The third-order valence-corrected chi connectivity index (χ3v) is 7.85. The molecule has 2 N–H and O–H groups in total.